The van der Waals surface area contributed by atoms with Gasteiger partial charge >= 0.3 is 0 Å². The average Bonchev–Trinajstić information content (AvgIpc) is 2.04. The highest BCUT2D eigenvalue weighted by molar-refractivity contribution is 5.96. The topological polar surface area (TPSA) is 12.4 Å². The van der Waals surface area contributed by atoms with Gasteiger partial charge in [-0.2, -0.15) is 0 Å². The monoisotopic (exact) mass is 165 g/mol. The maximum atomic E-state index is 4.18. The van der Waals surface area contributed by atoms with Gasteiger partial charge in [0.15, 0.2) is 0 Å². The van der Waals surface area contributed by atoms with Gasteiger partial charge in [0, 0.05) is 12.8 Å². The van der Waals surface area contributed by atoms with Gasteiger partial charge in [-0.1, -0.05) is 39.0 Å². The summed E-state index contributed by atoms with van der Waals surface area (Å²) in [7, 11) is 1.84. The van der Waals surface area contributed by atoms with Crippen molar-refractivity contribution in [3.8, 4) is 0 Å². The number of hydrogen-bond acceptors (Lipinski definition) is 1. The Labute approximate surface area is 75.9 Å². The summed E-state index contributed by atoms with van der Waals surface area (Å²) in [6, 6.07) is 0. The van der Waals surface area contributed by atoms with E-state index in [4.69, 9.17) is 0 Å². The molecule has 0 aromatic heterocycles. The van der Waals surface area contributed by atoms with Gasteiger partial charge in [-0.25, -0.2) is 0 Å². The van der Waals surface area contributed by atoms with E-state index < -0.39 is 0 Å². The first kappa shape index (κ1) is 11.2. The lowest BCUT2D eigenvalue weighted by Gasteiger charge is -2.01. The van der Waals surface area contributed by atoms with Gasteiger partial charge in [0.25, 0.3) is 0 Å². The third-order valence-corrected chi connectivity index (χ3v) is 1.60. The predicted octanol–water partition coefficient (Wildman–Crippen LogP) is 3.24. The molecule has 0 aliphatic rings. The molecule has 0 heterocycles. The molecule has 0 aliphatic carbocycles. The zero-order valence-electron chi connectivity index (χ0n) is 8.54. The van der Waals surface area contributed by atoms with Crippen molar-refractivity contribution in [2.45, 2.75) is 27.2 Å². The van der Waals surface area contributed by atoms with Gasteiger partial charge < -0.3 is 0 Å². The number of aliphatic imine (C=N–C) groups is 1. The van der Waals surface area contributed by atoms with Crippen molar-refractivity contribution >= 4 is 5.71 Å². The summed E-state index contributed by atoms with van der Waals surface area (Å²) in [5.74, 6) is 0.515. The molecule has 0 aliphatic heterocycles. The Morgan fingerprint density at radius 3 is 2.42 bits per heavy atom. The van der Waals surface area contributed by atoms with Crippen molar-refractivity contribution in [2.24, 2.45) is 10.9 Å². The molecule has 0 aromatic carbocycles. The van der Waals surface area contributed by atoms with E-state index in [0.29, 0.717) is 5.92 Å². The number of hydrogen-bond donors (Lipinski definition) is 0. The molecule has 0 rings (SSSR count). The highest BCUT2D eigenvalue weighted by atomic mass is 14.7. The van der Waals surface area contributed by atoms with Gasteiger partial charge in [-0.3, -0.25) is 4.99 Å². The summed E-state index contributed by atoms with van der Waals surface area (Å²) in [4.78, 5) is 4.18. The molecule has 0 atom stereocenters. The highest BCUT2D eigenvalue weighted by Gasteiger charge is 1.96. The molecule has 0 bridgehead atoms. The molecular weight excluding hydrogens is 146 g/mol. The summed E-state index contributed by atoms with van der Waals surface area (Å²) in [5, 5.41) is 0. The molecule has 0 aromatic rings. The summed E-state index contributed by atoms with van der Waals surface area (Å²) < 4.78 is 0. The molecule has 0 fully saturated rings. The quantitative estimate of drug-likeness (QED) is 0.448. The molecule has 0 saturated heterocycles. The molecule has 0 amide bonds. The minimum absolute atomic E-state index is 0.515. The van der Waals surface area contributed by atoms with Crippen LogP contribution in [-0.2, 0) is 0 Å². The second-order valence-corrected chi connectivity index (χ2v) is 3.00. The van der Waals surface area contributed by atoms with Crippen molar-refractivity contribution in [2.75, 3.05) is 7.05 Å². The van der Waals surface area contributed by atoms with Gasteiger partial charge in [0.05, 0.1) is 0 Å². The first-order valence-electron chi connectivity index (χ1n) is 4.52. The van der Waals surface area contributed by atoms with E-state index in [1.54, 1.807) is 0 Å². The van der Waals surface area contributed by atoms with Crippen molar-refractivity contribution < 1.29 is 0 Å². The standard InChI is InChI=1S/C11H19N/c1-5-6-7-8-9-11(12-4)10(2)3/h6-10H,5H2,1-4H3/b7-6+,9-8-,12-11+. The first-order valence-corrected chi connectivity index (χ1v) is 4.52. The fourth-order valence-corrected chi connectivity index (χ4v) is 0.894. The summed E-state index contributed by atoms with van der Waals surface area (Å²) >= 11 is 0. The van der Waals surface area contributed by atoms with Gasteiger partial charge in [-0.05, 0) is 18.4 Å². The van der Waals surface area contributed by atoms with Crippen molar-refractivity contribution in [3.05, 3.63) is 24.3 Å². The number of nitrogens with zero attached hydrogens (tertiary/aromatic N) is 1. The number of rotatable bonds is 4. The molecule has 12 heavy (non-hydrogen) atoms. The van der Waals surface area contributed by atoms with Crippen LogP contribution in [0.4, 0.5) is 0 Å². The van der Waals surface area contributed by atoms with E-state index in [-0.39, 0.29) is 0 Å². The molecule has 68 valence electrons. The van der Waals surface area contributed by atoms with Gasteiger partial charge in [0.2, 0.25) is 0 Å². The van der Waals surface area contributed by atoms with Crippen LogP contribution in [0.25, 0.3) is 0 Å². The number of allylic oxidation sites excluding steroid dienone is 4. The Kier molecular flexibility index (Phi) is 6.35. The Hall–Kier alpha value is -0.850. The largest absolute Gasteiger partial charge is 0.293 e. The smallest absolute Gasteiger partial charge is 0.0370 e. The summed E-state index contributed by atoms with van der Waals surface area (Å²) in [6.07, 6.45) is 9.39. The van der Waals surface area contributed by atoms with Crippen LogP contribution in [0.3, 0.4) is 0 Å². The summed E-state index contributed by atoms with van der Waals surface area (Å²) in [5.41, 5.74) is 1.15. The van der Waals surface area contributed by atoms with Crippen LogP contribution < -0.4 is 0 Å². The van der Waals surface area contributed by atoms with Crippen LogP contribution in [0.1, 0.15) is 27.2 Å². The Bertz CT molecular complexity index is 185. The van der Waals surface area contributed by atoms with Crippen molar-refractivity contribution in [3.63, 3.8) is 0 Å². The van der Waals surface area contributed by atoms with E-state index in [1.165, 1.54) is 0 Å². The summed E-state index contributed by atoms with van der Waals surface area (Å²) in [6.45, 7) is 6.42. The van der Waals surface area contributed by atoms with Crippen LogP contribution in [0.15, 0.2) is 29.3 Å². The van der Waals surface area contributed by atoms with Crippen LogP contribution in [0.5, 0.6) is 0 Å². The lowest BCUT2D eigenvalue weighted by molar-refractivity contribution is 0.886. The lowest BCUT2D eigenvalue weighted by atomic mass is 10.1. The molecule has 1 nitrogen and oxygen atoms in total. The second kappa shape index (κ2) is 6.84. The molecule has 0 spiro atoms. The zero-order valence-corrected chi connectivity index (χ0v) is 8.54. The Morgan fingerprint density at radius 1 is 1.33 bits per heavy atom. The molecule has 0 unspecified atom stereocenters. The van der Waals surface area contributed by atoms with E-state index >= 15 is 0 Å². The average molecular weight is 165 g/mol. The minimum Gasteiger partial charge on any atom is -0.293 e. The van der Waals surface area contributed by atoms with Crippen LogP contribution in [0, 0.1) is 5.92 Å². The SMILES string of the molecule is CC/C=C/C=C\C(=N/C)C(C)C. The normalized spacial score (nSPS) is 13.9. The van der Waals surface area contributed by atoms with Crippen LogP contribution in [-0.4, -0.2) is 12.8 Å². The molecule has 0 radical (unpaired) electrons. The highest BCUT2D eigenvalue weighted by Crippen LogP contribution is 1.98. The van der Waals surface area contributed by atoms with Crippen molar-refractivity contribution in [1.29, 1.82) is 0 Å². The molecule has 0 N–H and O–H groups in total. The Balaban J connectivity index is 4.04. The minimum atomic E-state index is 0.515. The molecule has 1 heteroatoms. The van der Waals surface area contributed by atoms with Crippen molar-refractivity contribution in [1.82, 2.24) is 0 Å². The lowest BCUT2D eigenvalue weighted by Crippen LogP contribution is -2.02. The third-order valence-electron chi connectivity index (χ3n) is 1.60. The maximum absolute atomic E-state index is 4.18. The van der Waals surface area contributed by atoms with Crippen LogP contribution >= 0.6 is 0 Å². The fraction of sp³-hybridized carbons (Fsp3) is 0.545. The van der Waals surface area contributed by atoms with E-state index in [0.717, 1.165) is 12.1 Å². The van der Waals surface area contributed by atoms with E-state index in [1.807, 2.05) is 13.1 Å². The van der Waals surface area contributed by atoms with E-state index in [2.05, 4.69) is 44.0 Å². The molecule has 0 saturated carbocycles. The zero-order chi connectivity index (χ0) is 9.40. The maximum Gasteiger partial charge on any atom is 0.0370 e. The second-order valence-electron chi connectivity index (χ2n) is 3.00. The van der Waals surface area contributed by atoms with E-state index in [9.17, 15) is 0 Å². The van der Waals surface area contributed by atoms with Gasteiger partial charge in [-0.15, -0.1) is 0 Å². The van der Waals surface area contributed by atoms with Gasteiger partial charge in [0.1, 0.15) is 0 Å². The molecular formula is C11H19N. The predicted molar refractivity (Wildman–Crippen MR) is 56.8 cm³/mol. The van der Waals surface area contributed by atoms with Crippen LogP contribution in [0.2, 0.25) is 0 Å². The first-order chi connectivity index (χ1) is 5.72. The fourth-order valence-electron chi connectivity index (χ4n) is 0.894. The Morgan fingerprint density at radius 2 is 2.00 bits per heavy atom. The third kappa shape index (κ3) is 4.89.